The van der Waals surface area contributed by atoms with Crippen molar-refractivity contribution in [3.63, 3.8) is 0 Å². The third-order valence-corrected chi connectivity index (χ3v) is 4.75. The number of hydrogen-bond donors (Lipinski definition) is 1. The van der Waals surface area contributed by atoms with Crippen molar-refractivity contribution in [2.45, 2.75) is 85.5 Å². The summed E-state index contributed by atoms with van der Waals surface area (Å²) in [5.41, 5.74) is 5.93. The van der Waals surface area contributed by atoms with Gasteiger partial charge in [-0.3, -0.25) is 4.98 Å². The summed E-state index contributed by atoms with van der Waals surface area (Å²) in [4.78, 5) is 11.1. The average Bonchev–Trinajstić information content (AvgIpc) is 3.18. The van der Waals surface area contributed by atoms with Crippen LogP contribution >= 0.6 is 0 Å². The minimum Gasteiger partial charge on any atom is -0.348 e. The summed E-state index contributed by atoms with van der Waals surface area (Å²) in [5, 5.41) is 0. The highest BCUT2D eigenvalue weighted by Crippen LogP contribution is 2.22. The fourth-order valence-electron chi connectivity index (χ4n) is 2.53. The minimum atomic E-state index is 0.205. The number of pyridine rings is 1. The Hall–Kier alpha value is -2.42. The van der Waals surface area contributed by atoms with Gasteiger partial charge in [-0.2, -0.15) is 0 Å². The molecule has 2 aromatic heterocycles. The van der Waals surface area contributed by atoms with Crippen molar-refractivity contribution in [2.24, 2.45) is 0 Å². The molecule has 164 valence electrons. The molecule has 1 N–H and O–H groups in total. The zero-order chi connectivity index (χ0) is 23.0. The third-order valence-electron chi connectivity index (χ3n) is 4.75. The van der Waals surface area contributed by atoms with Gasteiger partial charge in [0.2, 0.25) is 0 Å². The molecule has 0 aliphatic heterocycles. The van der Waals surface area contributed by atoms with E-state index < -0.39 is 0 Å². The normalized spacial score (nSPS) is 11.7. The van der Waals surface area contributed by atoms with Crippen LogP contribution in [-0.4, -0.2) is 15.0 Å². The molecule has 3 rings (SSSR count). The lowest BCUT2D eigenvalue weighted by molar-refractivity contribution is 0.572. The Bertz CT molecular complexity index is 826. The third kappa shape index (κ3) is 9.39. The van der Waals surface area contributed by atoms with Crippen LogP contribution in [0.4, 0.5) is 0 Å². The topological polar surface area (TPSA) is 41.6 Å². The van der Waals surface area contributed by atoms with Crippen molar-refractivity contribution in [1.82, 2.24) is 15.0 Å². The predicted octanol–water partition coefficient (Wildman–Crippen LogP) is 7.38. The van der Waals surface area contributed by atoms with Gasteiger partial charge in [0.1, 0.15) is 0 Å². The smallest absolute Gasteiger partial charge is 0.0921 e. The fraction of sp³-hybridized carbons (Fsp3) is 0.481. The van der Waals surface area contributed by atoms with Crippen LogP contribution in [-0.2, 0) is 16.2 Å². The molecule has 0 amide bonds. The number of rotatable bonds is 0. The summed E-state index contributed by atoms with van der Waals surface area (Å²) in [6, 6.07) is 12.8. The molecule has 0 aliphatic carbocycles. The predicted molar refractivity (Wildman–Crippen MR) is 130 cm³/mol. The van der Waals surface area contributed by atoms with E-state index in [2.05, 4.69) is 115 Å². The SMILES string of the molecule is CC(C)(C)c1cccnc1.CC(C)(C)c1cnc[nH]1.Cc1ccc(C(C)(C)C)cc1. The van der Waals surface area contributed by atoms with Gasteiger partial charge in [-0.15, -0.1) is 0 Å². The van der Waals surface area contributed by atoms with Gasteiger partial charge in [0.25, 0.3) is 0 Å². The highest BCUT2D eigenvalue weighted by Gasteiger charge is 2.14. The number of nitrogens with one attached hydrogen (secondary N) is 1. The fourth-order valence-corrected chi connectivity index (χ4v) is 2.53. The van der Waals surface area contributed by atoms with E-state index in [0.29, 0.717) is 0 Å². The molecule has 0 aliphatic rings. The van der Waals surface area contributed by atoms with Crippen LogP contribution in [0.15, 0.2) is 61.3 Å². The Morgan fingerprint density at radius 3 is 1.50 bits per heavy atom. The number of H-pyrrole nitrogens is 1. The average molecular weight is 408 g/mol. The van der Waals surface area contributed by atoms with Crippen LogP contribution in [0.25, 0.3) is 0 Å². The molecule has 0 bridgehead atoms. The van der Waals surface area contributed by atoms with Gasteiger partial charge < -0.3 is 4.98 Å². The number of aromatic nitrogens is 3. The molecule has 2 heterocycles. The standard InChI is InChI=1S/C11H16.C9H13N.C7H12N2/c1-9-5-7-10(8-6-9)11(2,3)4;1-9(2,3)8-5-4-6-10-7-8;1-7(2,3)6-4-8-5-9-6/h5-8H,1-4H3;4-7H,1-3H3;4-5H,1-3H3,(H,8,9). The van der Waals surface area contributed by atoms with Crippen LogP contribution in [0.5, 0.6) is 0 Å². The summed E-state index contributed by atoms with van der Waals surface area (Å²) in [7, 11) is 0. The molecule has 0 saturated heterocycles. The second kappa shape index (κ2) is 10.6. The van der Waals surface area contributed by atoms with Crippen molar-refractivity contribution in [3.05, 3.63) is 83.7 Å². The Balaban J connectivity index is 0.000000226. The van der Waals surface area contributed by atoms with E-state index in [9.17, 15) is 0 Å². The molecule has 3 heteroatoms. The van der Waals surface area contributed by atoms with Gasteiger partial charge in [-0.25, -0.2) is 4.98 Å². The number of aromatic amines is 1. The molecule has 0 saturated carbocycles. The lowest BCUT2D eigenvalue weighted by atomic mass is 9.87. The first-order valence-corrected chi connectivity index (χ1v) is 10.7. The molecule has 0 atom stereocenters. The van der Waals surface area contributed by atoms with Gasteiger partial charge in [-0.05, 0) is 34.9 Å². The second-order valence-electron chi connectivity index (χ2n) is 10.8. The first-order chi connectivity index (χ1) is 13.7. The van der Waals surface area contributed by atoms with Crippen molar-refractivity contribution in [1.29, 1.82) is 0 Å². The summed E-state index contributed by atoms with van der Waals surface area (Å²) in [6.45, 7) is 21.8. The molecule has 0 fully saturated rings. The number of aryl methyl sites for hydroxylation is 1. The monoisotopic (exact) mass is 407 g/mol. The number of nitrogens with zero attached hydrogens (tertiary/aromatic N) is 2. The number of hydrogen-bond acceptors (Lipinski definition) is 2. The Kier molecular flexibility index (Phi) is 9.02. The van der Waals surface area contributed by atoms with Crippen LogP contribution in [0, 0.1) is 6.92 Å². The van der Waals surface area contributed by atoms with Gasteiger partial charge in [0.05, 0.1) is 6.33 Å². The minimum absolute atomic E-state index is 0.205. The van der Waals surface area contributed by atoms with E-state index in [1.165, 1.54) is 22.4 Å². The molecular weight excluding hydrogens is 366 g/mol. The molecule has 3 aromatic rings. The highest BCUT2D eigenvalue weighted by atomic mass is 14.9. The van der Waals surface area contributed by atoms with E-state index in [1.54, 1.807) is 12.5 Å². The largest absolute Gasteiger partial charge is 0.348 e. The van der Waals surface area contributed by atoms with Crippen LogP contribution in [0.1, 0.15) is 84.7 Å². The van der Waals surface area contributed by atoms with E-state index >= 15 is 0 Å². The molecular formula is C27H41N3. The van der Waals surface area contributed by atoms with E-state index in [0.717, 1.165) is 0 Å². The summed E-state index contributed by atoms with van der Waals surface area (Å²) < 4.78 is 0. The van der Waals surface area contributed by atoms with E-state index in [-0.39, 0.29) is 16.2 Å². The number of benzene rings is 1. The Morgan fingerprint density at radius 1 is 0.633 bits per heavy atom. The first-order valence-electron chi connectivity index (χ1n) is 10.7. The van der Waals surface area contributed by atoms with Crippen molar-refractivity contribution >= 4 is 0 Å². The summed E-state index contributed by atoms with van der Waals surface area (Å²) in [5.74, 6) is 0. The molecule has 0 spiro atoms. The van der Waals surface area contributed by atoms with Gasteiger partial charge in [0.15, 0.2) is 0 Å². The molecule has 30 heavy (non-hydrogen) atoms. The van der Waals surface area contributed by atoms with Crippen molar-refractivity contribution in [2.75, 3.05) is 0 Å². The molecule has 3 nitrogen and oxygen atoms in total. The maximum absolute atomic E-state index is 4.05. The zero-order valence-corrected chi connectivity index (χ0v) is 20.7. The number of imidazole rings is 1. The summed E-state index contributed by atoms with van der Waals surface area (Å²) in [6.07, 6.45) is 7.29. The molecule has 0 radical (unpaired) electrons. The van der Waals surface area contributed by atoms with E-state index in [4.69, 9.17) is 0 Å². The second-order valence-corrected chi connectivity index (χ2v) is 10.8. The maximum atomic E-state index is 4.05. The van der Waals surface area contributed by atoms with E-state index in [1.807, 2.05) is 18.5 Å². The van der Waals surface area contributed by atoms with Crippen molar-refractivity contribution < 1.29 is 0 Å². The summed E-state index contributed by atoms with van der Waals surface area (Å²) >= 11 is 0. The molecule has 0 unspecified atom stereocenters. The van der Waals surface area contributed by atoms with Crippen LogP contribution in [0.3, 0.4) is 0 Å². The lowest BCUT2D eigenvalue weighted by Gasteiger charge is -2.18. The highest BCUT2D eigenvalue weighted by molar-refractivity contribution is 5.26. The van der Waals surface area contributed by atoms with Gasteiger partial charge in [-0.1, -0.05) is 98.2 Å². The zero-order valence-electron chi connectivity index (χ0n) is 20.7. The van der Waals surface area contributed by atoms with Gasteiger partial charge in [0, 0.05) is 29.7 Å². The molecule has 1 aromatic carbocycles. The van der Waals surface area contributed by atoms with Crippen molar-refractivity contribution in [3.8, 4) is 0 Å². The Labute approximate surface area is 184 Å². The maximum Gasteiger partial charge on any atom is 0.0921 e. The quantitative estimate of drug-likeness (QED) is 0.422. The van der Waals surface area contributed by atoms with Gasteiger partial charge >= 0.3 is 0 Å². The van der Waals surface area contributed by atoms with Crippen LogP contribution < -0.4 is 0 Å². The lowest BCUT2D eigenvalue weighted by Crippen LogP contribution is -2.10. The first kappa shape index (κ1) is 25.6. The Morgan fingerprint density at radius 2 is 1.20 bits per heavy atom. The van der Waals surface area contributed by atoms with Crippen LogP contribution in [0.2, 0.25) is 0 Å².